The van der Waals surface area contributed by atoms with E-state index in [1.807, 2.05) is 0 Å². The molecule has 0 spiro atoms. The highest BCUT2D eigenvalue weighted by Gasteiger charge is 2.55. The number of allylic oxidation sites excluding steroid dienone is 4. The molecule has 4 rings (SSSR count). The Bertz CT molecular complexity index is 1130. The number of phenols is 1. The summed E-state index contributed by atoms with van der Waals surface area (Å²) < 4.78 is 0. The zero-order valence-electron chi connectivity index (χ0n) is 18.2. The van der Waals surface area contributed by atoms with Crippen LogP contribution in [0, 0.1) is 17.3 Å². The van der Waals surface area contributed by atoms with Crippen molar-refractivity contribution >= 4 is 23.1 Å². The van der Waals surface area contributed by atoms with E-state index in [1.54, 1.807) is 26.0 Å². The highest BCUT2D eigenvalue weighted by atomic mass is 16.3. The summed E-state index contributed by atoms with van der Waals surface area (Å²) in [5.41, 5.74) is 1.24. The number of hydrogen-bond donors (Lipinski definition) is 2. The Morgan fingerprint density at radius 2 is 1.81 bits per heavy atom. The summed E-state index contributed by atoms with van der Waals surface area (Å²) in [5, 5.41) is 21.2. The molecule has 0 saturated carbocycles. The molecule has 3 aliphatic rings. The van der Waals surface area contributed by atoms with E-state index in [1.165, 1.54) is 13.8 Å². The van der Waals surface area contributed by atoms with E-state index in [9.17, 15) is 29.4 Å². The summed E-state index contributed by atoms with van der Waals surface area (Å²) in [6, 6.07) is 3.48. The maximum absolute atomic E-state index is 13.6. The van der Waals surface area contributed by atoms with Crippen molar-refractivity contribution in [2.45, 2.75) is 53.4 Å². The van der Waals surface area contributed by atoms with Crippen molar-refractivity contribution in [2.75, 3.05) is 0 Å². The van der Waals surface area contributed by atoms with Crippen molar-refractivity contribution in [3.8, 4) is 5.75 Å². The van der Waals surface area contributed by atoms with Crippen LogP contribution < -0.4 is 0 Å². The molecule has 0 aliphatic heterocycles. The number of benzene rings is 1. The predicted octanol–water partition coefficient (Wildman–Crippen LogP) is 3.60. The van der Waals surface area contributed by atoms with Gasteiger partial charge in [0.25, 0.3) is 0 Å². The molecule has 6 nitrogen and oxygen atoms in total. The van der Waals surface area contributed by atoms with E-state index in [0.717, 1.165) is 5.56 Å². The van der Waals surface area contributed by atoms with Gasteiger partial charge in [-0.05, 0) is 57.9 Å². The van der Waals surface area contributed by atoms with Gasteiger partial charge in [0.05, 0.1) is 16.6 Å². The van der Waals surface area contributed by atoms with Crippen LogP contribution in [0.4, 0.5) is 0 Å². The van der Waals surface area contributed by atoms with Crippen LogP contribution >= 0.6 is 0 Å². The number of fused-ring (bicyclic) bond motifs is 3. The van der Waals surface area contributed by atoms with Crippen molar-refractivity contribution in [3.05, 3.63) is 51.3 Å². The number of aromatic hydroxyl groups is 1. The number of phenolic OH excluding ortho intramolecular Hbond substituents is 1. The molecule has 0 heterocycles. The van der Waals surface area contributed by atoms with E-state index < -0.39 is 17.0 Å². The minimum Gasteiger partial charge on any atom is -0.511 e. The molecule has 1 aromatic carbocycles. The molecule has 0 bridgehead atoms. The number of Topliss-reactive ketones (excluding diaryl/α,β-unsaturated/α-hetero) is 4. The molecule has 1 aromatic rings. The zero-order chi connectivity index (χ0) is 22.8. The van der Waals surface area contributed by atoms with Gasteiger partial charge in [-0.1, -0.05) is 17.7 Å². The second kappa shape index (κ2) is 7.01. The first-order chi connectivity index (χ1) is 14.5. The second-order valence-corrected chi connectivity index (χ2v) is 9.30. The third-order valence-electron chi connectivity index (χ3n) is 7.48. The first-order valence-corrected chi connectivity index (χ1v) is 10.5. The molecule has 3 atom stereocenters. The average Bonchev–Trinajstić information content (AvgIpc) is 2.66. The van der Waals surface area contributed by atoms with Gasteiger partial charge in [-0.25, -0.2) is 0 Å². The van der Waals surface area contributed by atoms with E-state index in [-0.39, 0.29) is 58.9 Å². The Hall–Kier alpha value is -3.02. The molecule has 0 amide bonds. The molecule has 6 heteroatoms. The van der Waals surface area contributed by atoms with E-state index in [4.69, 9.17) is 0 Å². The van der Waals surface area contributed by atoms with Gasteiger partial charge in [-0.3, -0.25) is 19.2 Å². The quantitative estimate of drug-likeness (QED) is 0.721. The fraction of sp³-hybridized carbons (Fsp3) is 0.440. The van der Waals surface area contributed by atoms with Gasteiger partial charge < -0.3 is 10.2 Å². The summed E-state index contributed by atoms with van der Waals surface area (Å²) in [7, 11) is 0. The lowest BCUT2D eigenvalue weighted by atomic mass is 9.53. The van der Waals surface area contributed by atoms with Crippen LogP contribution in [0.15, 0.2) is 34.6 Å². The Kier molecular flexibility index (Phi) is 4.80. The van der Waals surface area contributed by atoms with E-state index >= 15 is 0 Å². The molecule has 3 aliphatic carbocycles. The minimum absolute atomic E-state index is 0.0399. The summed E-state index contributed by atoms with van der Waals surface area (Å²) in [6.45, 7) is 6.20. The first-order valence-electron chi connectivity index (χ1n) is 10.5. The van der Waals surface area contributed by atoms with Crippen LogP contribution in [0.2, 0.25) is 0 Å². The lowest BCUT2D eigenvalue weighted by Gasteiger charge is -2.48. The molecule has 0 saturated heterocycles. The number of carbonyl (C=O) groups excluding carboxylic acids is 4. The van der Waals surface area contributed by atoms with Crippen LogP contribution in [-0.4, -0.2) is 33.3 Å². The zero-order valence-corrected chi connectivity index (χ0v) is 18.2. The number of carbonyl (C=O) groups is 4. The largest absolute Gasteiger partial charge is 0.511 e. The summed E-state index contributed by atoms with van der Waals surface area (Å²) in [6.07, 6.45) is 1.33. The minimum atomic E-state index is -1.06. The Balaban J connectivity index is 1.87. The van der Waals surface area contributed by atoms with Crippen molar-refractivity contribution in [1.29, 1.82) is 0 Å². The number of rotatable bonds is 3. The smallest absolute Gasteiger partial charge is 0.193 e. The lowest BCUT2D eigenvalue weighted by molar-refractivity contribution is -0.129. The standard InChI is InChI=1S/C25H26O6/c1-11(26)7-15-6-5-14-8-16-9-17-10-18(28)20(13(3)27)24(31)25(17,4)12(2)19(16)23(30)21(14)22(15)29/h5-6,16-17,28-29H,7-10H2,1-4H3. The highest BCUT2D eigenvalue weighted by molar-refractivity contribution is 6.24. The van der Waals surface area contributed by atoms with Gasteiger partial charge in [0.1, 0.15) is 17.3 Å². The second-order valence-electron chi connectivity index (χ2n) is 9.30. The van der Waals surface area contributed by atoms with Gasteiger partial charge in [-0.15, -0.1) is 0 Å². The topological polar surface area (TPSA) is 109 Å². The predicted molar refractivity (Wildman–Crippen MR) is 113 cm³/mol. The van der Waals surface area contributed by atoms with Gasteiger partial charge >= 0.3 is 0 Å². The van der Waals surface area contributed by atoms with Crippen molar-refractivity contribution in [2.24, 2.45) is 17.3 Å². The SMILES string of the molecule is CC(=O)Cc1ccc2c(c1O)C(=O)C1=C(C)C3(C)C(=O)C(C(C)=O)=C(O)CC3CC1C2. The van der Waals surface area contributed by atoms with Gasteiger partial charge in [0.2, 0.25) is 0 Å². The molecule has 3 unspecified atom stereocenters. The van der Waals surface area contributed by atoms with Crippen molar-refractivity contribution < 1.29 is 29.4 Å². The summed E-state index contributed by atoms with van der Waals surface area (Å²) in [4.78, 5) is 50.5. The molecule has 31 heavy (non-hydrogen) atoms. The van der Waals surface area contributed by atoms with Crippen LogP contribution in [0.3, 0.4) is 0 Å². The average molecular weight is 422 g/mol. The lowest BCUT2D eigenvalue weighted by Crippen LogP contribution is -2.49. The molecular formula is C25H26O6. The van der Waals surface area contributed by atoms with Gasteiger partial charge in [0.15, 0.2) is 17.3 Å². The van der Waals surface area contributed by atoms with Gasteiger partial charge in [-0.2, -0.15) is 0 Å². The molecule has 2 N–H and O–H groups in total. The normalized spacial score (nSPS) is 27.6. The van der Waals surface area contributed by atoms with Crippen LogP contribution in [0.1, 0.15) is 62.0 Å². The monoisotopic (exact) mass is 422 g/mol. The molecule has 162 valence electrons. The Morgan fingerprint density at radius 3 is 2.42 bits per heavy atom. The number of aliphatic hydroxyl groups excluding tert-OH is 1. The van der Waals surface area contributed by atoms with Crippen molar-refractivity contribution in [3.63, 3.8) is 0 Å². The van der Waals surface area contributed by atoms with E-state index in [0.29, 0.717) is 29.6 Å². The Morgan fingerprint density at radius 1 is 1.13 bits per heavy atom. The van der Waals surface area contributed by atoms with E-state index in [2.05, 4.69) is 0 Å². The molecule has 0 fully saturated rings. The Labute approximate surface area is 180 Å². The maximum Gasteiger partial charge on any atom is 0.193 e. The number of ketones is 4. The number of hydrogen-bond acceptors (Lipinski definition) is 6. The van der Waals surface area contributed by atoms with Crippen LogP contribution in [0.25, 0.3) is 0 Å². The molecular weight excluding hydrogens is 396 g/mol. The van der Waals surface area contributed by atoms with Crippen molar-refractivity contribution in [1.82, 2.24) is 0 Å². The fourth-order valence-electron chi connectivity index (χ4n) is 5.77. The first kappa shape index (κ1) is 21.2. The summed E-state index contributed by atoms with van der Waals surface area (Å²) >= 11 is 0. The molecule has 0 radical (unpaired) electrons. The molecule has 0 aromatic heterocycles. The maximum atomic E-state index is 13.6. The van der Waals surface area contributed by atoms with Gasteiger partial charge in [0, 0.05) is 24.0 Å². The number of aliphatic hydroxyl groups is 1. The summed E-state index contributed by atoms with van der Waals surface area (Å²) in [5.74, 6) is -2.02. The van der Waals surface area contributed by atoms with Crippen LogP contribution in [0.5, 0.6) is 5.75 Å². The van der Waals surface area contributed by atoms with Crippen LogP contribution in [-0.2, 0) is 27.2 Å². The third kappa shape index (κ3) is 2.92. The third-order valence-corrected chi connectivity index (χ3v) is 7.48. The fourth-order valence-corrected chi connectivity index (χ4v) is 5.77. The highest BCUT2D eigenvalue weighted by Crippen LogP contribution is 2.56.